The van der Waals surface area contributed by atoms with Crippen LogP contribution in [0.2, 0.25) is 0 Å². The second-order valence-electron chi connectivity index (χ2n) is 6.67. The van der Waals surface area contributed by atoms with Crippen molar-refractivity contribution in [1.29, 1.82) is 0 Å². The first-order valence-corrected chi connectivity index (χ1v) is 8.85. The van der Waals surface area contributed by atoms with Gasteiger partial charge in [-0.3, -0.25) is 14.3 Å². The van der Waals surface area contributed by atoms with Crippen LogP contribution in [0.25, 0.3) is 0 Å². The minimum Gasteiger partial charge on any atom is -0.395 e. The number of carbonyl (C=O) groups excluding carboxylic acids is 2. The van der Waals surface area contributed by atoms with E-state index < -0.39 is 5.54 Å². The molecule has 1 aromatic heterocycles. The minimum atomic E-state index is -0.657. The van der Waals surface area contributed by atoms with Crippen LogP contribution in [0, 0.1) is 0 Å². The Balaban J connectivity index is 1.63. The molecule has 2 fully saturated rings. The van der Waals surface area contributed by atoms with E-state index in [4.69, 9.17) is 5.11 Å². The van der Waals surface area contributed by atoms with E-state index in [-0.39, 0.29) is 18.4 Å². The van der Waals surface area contributed by atoms with Crippen LogP contribution < -0.4 is 0 Å². The summed E-state index contributed by atoms with van der Waals surface area (Å²) in [6.45, 7) is 2.40. The number of nitrogens with zero attached hydrogens (tertiary/aromatic N) is 4. The van der Waals surface area contributed by atoms with Gasteiger partial charge in [-0.1, -0.05) is 0 Å². The standard InChI is InChI=1S/C17H26N4O3/c22-14-13-19-9-2-6-17(16(19)24)7-3-12-21(17)15(23)5-1-10-20-11-4-8-18-20/h4,8,11,22H,1-3,5-7,9-10,12-14H2. The van der Waals surface area contributed by atoms with Gasteiger partial charge in [-0.05, 0) is 38.2 Å². The molecular formula is C17H26N4O3. The number of rotatable bonds is 6. The normalized spacial score (nSPS) is 24.1. The quantitative estimate of drug-likeness (QED) is 0.828. The molecule has 2 saturated heterocycles. The van der Waals surface area contributed by atoms with Gasteiger partial charge < -0.3 is 14.9 Å². The van der Waals surface area contributed by atoms with E-state index in [1.165, 1.54) is 0 Å². The smallest absolute Gasteiger partial charge is 0.248 e. The highest BCUT2D eigenvalue weighted by molar-refractivity contribution is 5.92. The van der Waals surface area contributed by atoms with Gasteiger partial charge in [0.1, 0.15) is 5.54 Å². The lowest BCUT2D eigenvalue weighted by atomic mass is 9.85. The molecule has 3 heterocycles. The van der Waals surface area contributed by atoms with Gasteiger partial charge >= 0.3 is 0 Å². The van der Waals surface area contributed by atoms with Crippen molar-refractivity contribution in [2.75, 3.05) is 26.2 Å². The lowest BCUT2D eigenvalue weighted by Gasteiger charge is -2.44. The SMILES string of the molecule is O=C(CCCn1cccn1)N1CCCC12CCCN(CCO)C2=O. The maximum Gasteiger partial charge on any atom is 0.248 e. The number of carbonyl (C=O) groups is 2. The van der Waals surface area contributed by atoms with Gasteiger partial charge in [-0.25, -0.2) is 0 Å². The first-order valence-electron chi connectivity index (χ1n) is 8.85. The molecule has 2 amide bonds. The third kappa shape index (κ3) is 3.17. The fraction of sp³-hybridized carbons (Fsp3) is 0.706. The minimum absolute atomic E-state index is 0.0281. The predicted molar refractivity (Wildman–Crippen MR) is 88.0 cm³/mol. The molecule has 1 atom stereocenters. The summed E-state index contributed by atoms with van der Waals surface area (Å²) in [6, 6.07) is 1.87. The number of aliphatic hydroxyl groups is 1. The van der Waals surface area contributed by atoms with Crippen molar-refractivity contribution in [1.82, 2.24) is 19.6 Å². The molecule has 0 aromatic carbocycles. The van der Waals surface area contributed by atoms with Crippen molar-refractivity contribution < 1.29 is 14.7 Å². The summed E-state index contributed by atoms with van der Waals surface area (Å²) in [7, 11) is 0. The molecule has 2 aliphatic heterocycles. The number of hydrogen-bond donors (Lipinski definition) is 1. The highest BCUT2D eigenvalue weighted by atomic mass is 16.3. The zero-order valence-corrected chi connectivity index (χ0v) is 14.1. The van der Waals surface area contributed by atoms with Crippen molar-refractivity contribution in [3.05, 3.63) is 18.5 Å². The average molecular weight is 334 g/mol. The predicted octanol–water partition coefficient (Wildman–Crippen LogP) is 0.639. The van der Waals surface area contributed by atoms with Crippen LogP contribution in [0.4, 0.5) is 0 Å². The van der Waals surface area contributed by atoms with Gasteiger partial charge in [0.15, 0.2) is 0 Å². The van der Waals surface area contributed by atoms with E-state index in [9.17, 15) is 9.59 Å². The van der Waals surface area contributed by atoms with Gasteiger partial charge in [0.25, 0.3) is 0 Å². The molecule has 1 aromatic rings. The number of hydrogen-bond acceptors (Lipinski definition) is 4. The van der Waals surface area contributed by atoms with E-state index in [1.807, 2.05) is 21.8 Å². The zero-order chi connectivity index (χ0) is 17.0. The first-order chi connectivity index (χ1) is 11.7. The second kappa shape index (κ2) is 7.34. The van der Waals surface area contributed by atoms with Crippen LogP contribution in [0.5, 0.6) is 0 Å². The van der Waals surface area contributed by atoms with Crippen molar-refractivity contribution in [3.8, 4) is 0 Å². The van der Waals surface area contributed by atoms with E-state index in [0.29, 0.717) is 32.6 Å². The molecule has 1 N–H and O–H groups in total. The number of aliphatic hydroxyl groups excluding tert-OH is 1. The Morgan fingerprint density at radius 1 is 1.25 bits per heavy atom. The van der Waals surface area contributed by atoms with Crippen LogP contribution in [0.15, 0.2) is 18.5 Å². The summed E-state index contributed by atoms with van der Waals surface area (Å²) in [4.78, 5) is 29.2. The summed E-state index contributed by atoms with van der Waals surface area (Å²) in [6.07, 6.45) is 8.05. The molecule has 1 spiro atoms. The number of piperidine rings is 1. The molecule has 2 aliphatic rings. The second-order valence-corrected chi connectivity index (χ2v) is 6.67. The van der Waals surface area contributed by atoms with Crippen LogP contribution in [-0.2, 0) is 16.1 Å². The molecule has 0 saturated carbocycles. The maximum atomic E-state index is 12.9. The largest absolute Gasteiger partial charge is 0.395 e. The molecule has 7 nitrogen and oxygen atoms in total. The Labute approximate surface area is 142 Å². The van der Waals surface area contributed by atoms with Crippen molar-refractivity contribution in [2.24, 2.45) is 0 Å². The monoisotopic (exact) mass is 334 g/mol. The molecular weight excluding hydrogens is 308 g/mol. The van der Waals surface area contributed by atoms with Crippen LogP contribution >= 0.6 is 0 Å². The van der Waals surface area contributed by atoms with E-state index in [2.05, 4.69) is 5.10 Å². The Morgan fingerprint density at radius 3 is 2.75 bits per heavy atom. The van der Waals surface area contributed by atoms with Gasteiger partial charge in [0.05, 0.1) is 6.61 Å². The third-order valence-corrected chi connectivity index (χ3v) is 5.20. The fourth-order valence-corrected chi connectivity index (χ4v) is 4.08. The van der Waals surface area contributed by atoms with E-state index in [0.717, 1.165) is 32.1 Å². The Bertz CT molecular complexity index is 572. The lowest BCUT2D eigenvalue weighted by molar-refractivity contribution is -0.155. The van der Waals surface area contributed by atoms with Gasteiger partial charge in [0, 0.05) is 45.0 Å². The number of aryl methyl sites for hydroxylation is 1. The summed E-state index contributed by atoms with van der Waals surface area (Å²) in [5, 5.41) is 13.3. The summed E-state index contributed by atoms with van der Waals surface area (Å²) in [5.74, 6) is 0.0968. The highest BCUT2D eigenvalue weighted by Crippen LogP contribution is 2.38. The number of likely N-dealkylation sites (tertiary alicyclic amines) is 2. The average Bonchev–Trinajstić information content (AvgIpc) is 3.22. The van der Waals surface area contributed by atoms with E-state index >= 15 is 0 Å². The van der Waals surface area contributed by atoms with Crippen LogP contribution in [-0.4, -0.2) is 68.3 Å². The maximum absolute atomic E-state index is 12.9. The first kappa shape index (κ1) is 17.0. The molecule has 0 aliphatic carbocycles. The van der Waals surface area contributed by atoms with Crippen molar-refractivity contribution in [2.45, 2.75) is 50.6 Å². The molecule has 24 heavy (non-hydrogen) atoms. The molecule has 7 heteroatoms. The molecule has 0 bridgehead atoms. The number of amides is 2. The van der Waals surface area contributed by atoms with Gasteiger partial charge in [-0.15, -0.1) is 0 Å². The molecule has 0 radical (unpaired) electrons. The summed E-state index contributed by atoms with van der Waals surface area (Å²) in [5.41, 5.74) is -0.657. The Morgan fingerprint density at radius 2 is 2.04 bits per heavy atom. The van der Waals surface area contributed by atoms with Crippen LogP contribution in [0.1, 0.15) is 38.5 Å². The number of aromatic nitrogens is 2. The zero-order valence-electron chi connectivity index (χ0n) is 14.1. The lowest BCUT2D eigenvalue weighted by Crippen LogP contribution is -2.61. The van der Waals surface area contributed by atoms with Crippen molar-refractivity contribution >= 4 is 11.8 Å². The van der Waals surface area contributed by atoms with E-state index in [1.54, 1.807) is 11.1 Å². The Kier molecular flexibility index (Phi) is 5.18. The molecule has 132 valence electrons. The molecule has 3 rings (SSSR count). The summed E-state index contributed by atoms with van der Waals surface area (Å²) < 4.78 is 1.82. The number of β-amino-alcohol motifs (C(OH)–C–C–N with tert-alkyl or cyclic N) is 1. The fourth-order valence-electron chi connectivity index (χ4n) is 4.08. The molecule has 1 unspecified atom stereocenters. The van der Waals surface area contributed by atoms with Gasteiger partial charge in [-0.2, -0.15) is 5.10 Å². The highest BCUT2D eigenvalue weighted by Gasteiger charge is 2.52. The van der Waals surface area contributed by atoms with Crippen LogP contribution in [0.3, 0.4) is 0 Å². The third-order valence-electron chi connectivity index (χ3n) is 5.20. The topological polar surface area (TPSA) is 78.7 Å². The Hall–Kier alpha value is -1.89. The van der Waals surface area contributed by atoms with Crippen molar-refractivity contribution in [3.63, 3.8) is 0 Å². The summed E-state index contributed by atoms with van der Waals surface area (Å²) >= 11 is 0. The van der Waals surface area contributed by atoms with Gasteiger partial charge in [0.2, 0.25) is 11.8 Å².